The second-order valence-electron chi connectivity index (χ2n) is 6.65. The van der Waals surface area contributed by atoms with Gasteiger partial charge in [0.25, 0.3) is 0 Å². The van der Waals surface area contributed by atoms with Gasteiger partial charge >= 0.3 is 5.97 Å². The minimum absolute atomic E-state index is 0.185. The molecule has 27 heavy (non-hydrogen) atoms. The maximum Gasteiger partial charge on any atom is 0.323 e. The van der Waals surface area contributed by atoms with Crippen LogP contribution in [0.4, 0.5) is 5.69 Å². The Bertz CT molecular complexity index is 672. The summed E-state index contributed by atoms with van der Waals surface area (Å²) in [5.41, 5.74) is 2.16. The number of carbonyl (C=O) groups is 1. The van der Waals surface area contributed by atoms with Gasteiger partial charge in [0, 0.05) is 18.8 Å². The van der Waals surface area contributed by atoms with E-state index in [0.717, 1.165) is 17.0 Å². The Morgan fingerprint density at radius 1 is 1.00 bits per heavy atom. The molecule has 1 atom stereocenters. The van der Waals surface area contributed by atoms with Crippen LogP contribution < -0.4 is 15.4 Å². The highest BCUT2D eigenvalue weighted by Crippen LogP contribution is 2.17. The number of nitrogens with one attached hydrogen (secondary N) is 2. The van der Waals surface area contributed by atoms with Crippen molar-refractivity contribution in [2.24, 2.45) is 5.92 Å². The summed E-state index contributed by atoms with van der Waals surface area (Å²) in [6, 6.07) is 17.7. The predicted octanol–water partition coefficient (Wildman–Crippen LogP) is 3.85. The third-order valence-electron chi connectivity index (χ3n) is 4.13. The molecule has 5 heteroatoms. The maximum absolute atomic E-state index is 11.9. The number of carbonyl (C=O) groups excluding carboxylic acids is 1. The Morgan fingerprint density at radius 3 is 2.33 bits per heavy atom. The van der Waals surface area contributed by atoms with Gasteiger partial charge in [-0.3, -0.25) is 4.79 Å². The Balaban J connectivity index is 1.72. The standard InChI is InChI=1S/C22H30N2O3/c1-4-26-22(25)21(17(2)3)24-15-14-23-19-10-12-20(13-11-19)27-16-18-8-6-5-7-9-18/h5-13,17,21,23-24H,4,14-16H2,1-3H3. The molecule has 0 amide bonds. The molecule has 0 heterocycles. The van der Waals surface area contributed by atoms with Gasteiger partial charge in [-0.25, -0.2) is 0 Å². The van der Waals surface area contributed by atoms with Gasteiger partial charge in [-0.1, -0.05) is 44.2 Å². The molecule has 0 saturated heterocycles. The highest BCUT2D eigenvalue weighted by molar-refractivity contribution is 5.76. The summed E-state index contributed by atoms with van der Waals surface area (Å²) in [5, 5.41) is 6.60. The number of rotatable bonds is 11. The van der Waals surface area contributed by atoms with E-state index < -0.39 is 0 Å². The third kappa shape index (κ3) is 7.31. The van der Waals surface area contributed by atoms with Gasteiger partial charge in [0.05, 0.1) is 6.61 Å². The molecule has 0 aromatic heterocycles. The summed E-state index contributed by atoms with van der Waals surface area (Å²) in [4.78, 5) is 11.9. The Labute approximate surface area is 162 Å². The zero-order valence-electron chi connectivity index (χ0n) is 16.4. The van der Waals surface area contributed by atoms with E-state index in [1.54, 1.807) is 0 Å². The molecule has 146 valence electrons. The summed E-state index contributed by atoms with van der Waals surface area (Å²) in [5.74, 6) is 0.835. The minimum Gasteiger partial charge on any atom is -0.489 e. The van der Waals surface area contributed by atoms with E-state index in [2.05, 4.69) is 10.6 Å². The molecular weight excluding hydrogens is 340 g/mol. The highest BCUT2D eigenvalue weighted by atomic mass is 16.5. The van der Waals surface area contributed by atoms with Gasteiger partial charge in [0.15, 0.2) is 0 Å². The van der Waals surface area contributed by atoms with Crippen LogP contribution in [0.25, 0.3) is 0 Å². The largest absolute Gasteiger partial charge is 0.489 e. The molecule has 2 aromatic rings. The summed E-state index contributed by atoms with van der Waals surface area (Å²) >= 11 is 0. The van der Waals surface area contributed by atoms with Crippen molar-refractivity contribution in [2.75, 3.05) is 25.0 Å². The fourth-order valence-electron chi connectivity index (χ4n) is 2.67. The Kier molecular flexibility index (Phi) is 8.65. The lowest BCUT2D eigenvalue weighted by atomic mass is 10.0. The predicted molar refractivity (Wildman–Crippen MR) is 109 cm³/mol. The van der Waals surface area contributed by atoms with Crippen LogP contribution in [0.15, 0.2) is 54.6 Å². The van der Waals surface area contributed by atoms with Crippen LogP contribution in [0.5, 0.6) is 5.75 Å². The molecule has 0 aliphatic heterocycles. The third-order valence-corrected chi connectivity index (χ3v) is 4.13. The number of hydrogen-bond donors (Lipinski definition) is 2. The fourth-order valence-corrected chi connectivity index (χ4v) is 2.67. The summed E-state index contributed by atoms with van der Waals surface area (Å²) in [7, 11) is 0. The molecule has 2 N–H and O–H groups in total. The fraction of sp³-hybridized carbons (Fsp3) is 0.409. The average molecular weight is 370 g/mol. The molecule has 5 nitrogen and oxygen atoms in total. The summed E-state index contributed by atoms with van der Waals surface area (Å²) in [6.45, 7) is 8.19. The van der Waals surface area contributed by atoms with Crippen LogP contribution >= 0.6 is 0 Å². The number of esters is 1. The Hall–Kier alpha value is -2.53. The van der Waals surface area contributed by atoms with E-state index >= 15 is 0 Å². The van der Waals surface area contributed by atoms with Crippen LogP contribution in [-0.4, -0.2) is 31.7 Å². The van der Waals surface area contributed by atoms with Crippen molar-refractivity contribution in [1.29, 1.82) is 0 Å². The number of benzene rings is 2. The van der Waals surface area contributed by atoms with Crippen LogP contribution in [0.3, 0.4) is 0 Å². The van der Waals surface area contributed by atoms with Gasteiger partial charge < -0.3 is 20.1 Å². The maximum atomic E-state index is 11.9. The Morgan fingerprint density at radius 2 is 1.70 bits per heavy atom. The van der Waals surface area contributed by atoms with E-state index in [0.29, 0.717) is 26.3 Å². The quantitative estimate of drug-likeness (QED) is 0.465. The van der Waals surface area contributed by atoms with E-state index in [1.807, 2.05) is 75.4 Å². The number of hydrogen-bond acceptors (Lipinski definition) is 5. The monoisotopic (exact) mass is 370 g/mol. The van der Waals surface area contributed by atoms with Gasteiger partial charge in [-0.2, -0.15) is 0 Å². The second-order valence-corrected chi connectivity index (χ2v) is 6.65. The molecule has 1 unspecified atom stereocenters. The van der Waals surface area contributed by atoms with Crippen molar-refractivity contribution in [1.82, 2.24) is 5.32 Å². The SMILES string of the molecule is CCOC(=O)C(NCCNc1ccc(OCc2ccccc2)cc1)C(C)C. The first-order valence-corrected chi connectivity index (χ1v) is 9.50. The molecule has 2 rings (SSSR count). The van der Waals surface area contributed by atoms with Crippen molar-refractivity contribution in [3.63, 3.8) is 0 Å². The second kappa shape index (κ2) is 11.2. The minimum atomic E-state index is -0.277. The summed E-state index contributed by atoms with van der Waals surface area (Å²) < 4.78 is 10.9. The first kappa shape index (κ1) is 20.8. The van der Waals surface area contributed by atoms with Gasteiger partial charge in [0.1, 0.15) is 18.4 Å². The molecule has 0 fully saturated rings. The van der Waals surface area contributed by atoms with Crippen molar-refractivity contribution in [3.8, 4) is 5.75 Å². The van der Waals surface area contributed by atoms with Crippen LogP contribution in [0.2, 0.25) is 0 Å². The first-order valence-electron chi connectivity index (χ1n) is 9.50. The molecule has 0 bridgehead atoms. The molecule has 0 radical (unpaired) electrons. The average Bonchev–Trinajstić information content (AvgIpc) is 2.68. The van der Waals surface area contributed by atoms with Crippen LogP contribution in [-0.2, 0) is 16.1 Å². The van der Waals surface area contributed by atoms with Crippen molar-refractivity contribution >= 4 is 11.7 Å². The molecule has 2 aromatic carbocycles. The van der Waals surface area contributed by atoms with Crippen LogP contribution in [0, 0.1) is 5.92 Å². The van der Waals surface area contributed by atoms with Crippen molar-refractivity contribution < 1.29 is 14.3 Å². The lowest BCUT2D eigenvalue weighted by Gasteiger charge is -2.20. The lowest BCUT2D eigenvalue weighted by Crippen LogP contribution is -2.44. The first-order chi connectivity index (χ1) is 13.1. The molecule has 0 spiro atoms. The number of ether oxygens (including phenoxy) is 2. The smallest absolute Gasteiger partial charge is 0.323 e. The summed E-state index contributed by atoms with van der Waals surface area (Å²) in [6.07, 6.45) is 0. The van der Waals surface area contributed by atoms with Crippen molar-refractivity contribution in [3.05, 3.63) is 60.2 Å². The van der Waals surface area contributed by atoms with Gasteiger partial charge in [-0.15, -0.1) is 0 Å². The van der Waals surface area contributed by atoms with Crippen LogP contribution in [0.1, 0.15) is 26.3 Å². The molecule has 0 aliphatic rings. The van der Waals surface area contributed by atoms with Gasteiger partial charge in [0.2, 0.25) is 0 Å². The molecule has 0 aliphatic carbocycles. The van der Waals surface area contributed by atoms with E-state index in [1.165, 1.54) is 0 Å². The number of anilines is 1. The van der Waals surface area contributed by atoms with Crippen molar-refractivity contribution in [2.45, 2.75) is 33.4 Å². The lowest BCUT2D eigenvalue weighted by molar-refractivity contribution is -0.146. The van der Waals surface area contributed by atoms with E-state index in [4.69, 9.17) is 9.47 Å². The van der Waals surface area contributed by atoms with E-state index in [-0.39, 0.29) is 17.9 Å². The zero-order chi connectivity index (χ0) is 19.5. The zero-order valence-corrected chi connectivity index (χ0v) is 16.4. The van der Waals surface area contributed by atoms with E-state index in [9.17, 15) is 4.79 Å². The van der Waals surface area contributed by atoms with Gasteiger partial charge in [-0.05, 0) is 42.7 Å². The molecule has 0 saturated carbocycles. The topological polar surface area (TPSA) is 59.6 Å². The normalized spacial score (nSPS) is 11.9. The molecular formula is C22H30N2O3. The highest BCUT2D eigenvalue weighted by Gasteiger charge is 2.22.